The van der Waals surface area contributed by atoms with Gasteiger partial charge in [0.25, 0.3) is 0 Å². The molecule has 6 fully saturated rings. The average Bonchev–Trinajstić information content (AvgIpc) is 3.53. The normalized spacial score (nSPS) is 30.1. The molecule has 2 saturated heterocycles. The van der Waals surface area contributed by atoms with Gasteiger partial charge in [-0.15, -0.1) is 13.2 Å². The van der Waals surface area contributed by atoms with Crippen molar-refractivity contribution in [3.63, 3.8) is 0 Å². The summed E-state index contributed by atoms with van der Waals surface area (Å²) >= 11 is 1.21. The number of hydrogen-bond acceptors (Lipinski definition) is 11. The lowest BCUT2D eigenvalue weighted by Crippen LogP contribution is -2.50. The van der Waals surface area contributed by atoms with E-state index in [1.54, 1.807) is 7.11 Å². The summed E-state index contributed by atoms with van der Waals surface area (Å²) in [5, 5.41) is 5.10. The molecule has 9 rings (SSSR count). The number of alkyl halides is 3. The lowest BCUT2D eigenvalue weighted by atomic mass is 9.57. The number of benzene rings is 1. The fourth-order valence-electron chi connectivity index (χ4n) is 8.58. The number of esters is 2. The van der Waals surface area contributed by atoms with Gasteiger partial charge in [-0.2, -0.15) is 0 Å². The number of ether oxygens (including phenoxy) is 4. The molecule has 6 aliphatic rings. The van der Waals surface area contributed by atoms with E-state index < -0.39 is 18.1 Å². The fraction of sp³-hybridized carbons (Fsp3) is 0.636. The van der Waals surface area contributed by atoms with Crippen molar-refractivity contribution < 1.29 is 46.2 Å². The van der Waals surface area contributed by atoms with E-state index in [-0.39, 0.29) is 52.2 Å². The van der Waals surface area contributed by atoms with E-state index in [2.05, 4.69) is 19.8 Å². The van der Waals surface area contributed by atoms with E-state index in [1.165, 1.54) is 17.4 Å². The number of anilines is 1. The molecule has 4 heterocycles. The minimum absolute atomic E-state index is 0.0125. The molecule has 10 nitrogen and oxygen atoms in total. The quantitative estimate of drug-likeness (QED) is 0.227. The second-order valence-electron chi connectivity index (χ2n) is 13.9. The van der Waals surface area contributed by atoms with Crippen LogP contribution in [-0.2, 0) is 19.6 Å². The van der Waals surface area contributed by atoms with Crippen molar-refractivity contribution in [3.05, 3.63) is 34.7 Å². The number of rotatable bonds is 8. The third kappa shape index (κ3) is 5.35. The Morgan fingerprint density at radius 1 is 0.979 bits per heavy atom. The minimum Gasteiger partial charge on any atom is -0.465 e. The third-order valence-corrected chi connectivity index (χ3v) is 12.3. The van der Waals surface area contributed by atoms with Gasteiger partial charge in [-0.05, 0) is 76.3 Å². The first kappa shape index (κ1) is 30.9. The van der Waals surface area contributed by atoms with Gasteiger partial charge in [0.15, 0.2) is 16.6 Å². The maximum absolute atomic E-state index is 14.0. The maximum Gasteiger partial charge on any atom is 0.573 e. The molecule has 4 aliphatic carbocycles. The molecule has 0 spiro atoms. The summed E-state index contributed by atoms with van der Waals surface area (Å²) in [6.07, 6.45) is 4.97. The molecule has 3 aromatic rings. The Morgan fingerprint density at radius 3 is 2.26 bits per heavy atom. The van der Waals surface area contributed by atoms with Crippen molar-refractivity contribution in [1.82, 2.24) is 10.1 Å². The van der Waals surface area contributed by atoms with Crippen LogP contribution in [0.5, 0.6) is 5.75 Å². The molecular formula is C33H36F3N3O7S. The zero-order valence-electron chi connectivity index (χ0n) is 26.2. The largest absolute Gasteiger partial charge is 0.573 e. The van der Waals surface area contributed by atoms with E-state index in [9.17, 15) is 22.8 Å². The number of thiazole rings is 1. The zero-order chi connectivity index (χ0) is 32.7. The number of nitrogens with zero attached hydrogens (tertiary/aromatic N) is 3. The van der Waals surface area contributed by atoms with Gasteiger partial charge < -0.3 is 28.4 Å². The van der Waals surface area contributed by atoms with Gasteiger partial charge in [0, 0.05) is 43.4 Å². The summed E-state index contributed by atoms with van der Waals surface area (Å²) in [7, 11) is 2.95. The summed E-state index contributed by atoms with van der Waals surface area (Å²) in [6, 6.07) is 2.46. The van der Waals surface area contributed by atoms with E-state index in [0.717, 1.165) is 83.1 Å². The Balaban J connectivity index is 1.03. The minimum atomic E-state index is -4.96. The highest BCUT2D eigenvalue weighted by Gasteiger charge is 2.54. The molecule has 3 atom stereocenters. The topological polar surface area (TPSA) is 113 Å². The monoisotopic (exact) mass is 675 g/mol. The molecule has 47 heavy (non-hydrogen) atoms. The van der Waals surface area contributed by atoms with Gasteiger partial charge in [-0.1, -0.05) is 16.5 Å². The first-order valence-electron chi connectivity index (χ1n) is 16.3. The van der Waals surface area contributed by atoms with Crippen LogP contribution in [0.4, 0.5) is 18.3 Å². The number of piperidine rings is 1. The number of carbonyl (C=O) groups is 2. The van der Waals surface area contributed by atoms with Crippen LogP contribution in [0.3, 0.4) is 0 Å². The number of fused-ring (bicyclic) bond motifs is 6. The standard InChI is InChI=1S/C33H36F3N3O7S/c1-42-28(40)18-13-22(45-33(34,35)36)25-23(14-18)47-30(37-25)39-19-5-6-20(39)16-21(15-19)44-29(41)24-26(17-3-4-17)46-38-27(24)31-7-10-32(43-2,11-8-31)12-9-31/h13-14,17,19-21H,3-12,15-16H2,1-2H3/t19-,20+,21+,31?,32?. The van der Waals surface area contributed by atoms with Gasteiger partial charge in [0.2, 0.25) is 0 Å². The van der Waals surface area contributed by atoms with E-state index >= 15 is 0 Å². The molecule has 14 heteroatoms. The van der Waals surface area contributed by atoms with E-state index in [4.69, 9.17) is 18.7 Å². The molecule has 4 bridgehead atoms. The SMILES string of the molecule is COC(=O)c1cc(OC(F)(F)F)c2nc(N3[C@@H]4CC[C@H]3C[C@@H](OC(=O)c3c(C56CCC(OC)(CC5)CC6)noc3C3CC3)C4)sc2c1. The van der Waals surface area contributed by atoms with Crippen molar-refractivity contribution in [2.75, 3.05) is 19.1 Å². The van der Waals surface area contributed by atoms with Gasteiger partial charge in [-0.3, -0.25) is 0 Å². The molecule has 4 saturated carbocycles. The van der Waals surface area contributed by atoms with Crippen LogP contribution in [-0.4, -0.2) is 66.4 Å². The van der Waals surface area contributed by atoms with Crippen LogP contribution in [0.15, 0.2) is 16.7 Å². The molecule has 0 N–H and O–H groups in total. The highest BCUT2D eigenvalue weighted by atomic mass is 32.1. The van der Waals surface area contributed by atoms with Crippen molar-refractivity contribution in [1.29, 1.82) is 0 Å². The molecule has 2 aromatic heterocycles. The molecule has 0 unspecified atom stereocenters. The summed E-state index contributed by atoms with van der Waals surface area (Å²) in [6.45, 7) is 0. The lowest BCUT2D eigenvalue weighted by Gasteiger charge is -2.52. The second-order valence-corrected chi connectivity index (χ2v) is 14.9. The number of methoxy groups -OCH3 is 2. The molecule has 252 valence electrons. The molecular weight excluding hydrogens is 639 g/mol. The van der Waals surface area contributed by atoms with Crippen molar-refractivity contribution in [2.24, 2.45) is 0 Å². The Bertz CT molecular complexity index is 1690. The lowest BCUT2D eigenvalue weighted by molar-refractivity contribution is -0.274. The number of carbonyl (C=O) groups excluding carboxylic acids is 2. The summed E-state index contributed by atoms with van der Waals surface area (Å²) in [5.41, 5.74) is 0.983. The first-order chi connectivity index (χ1) is 22.5. The smallest absolute Gasteiger partial charge is 0.465 e. The number of aromatic nitrogens is 2. The Morgan fingerprint density at radius 2 is 1.66 bits per heavy atom. The summed E-state index contributed by atoms with van der Waals surface area (Å²) < 4.78 is 67.3. The fourth-order valence-corrected chi connectivity index (χ4v) is 9.75. The van der Waals surface area contributed by atoms with Crippen molar-refractivity contribution in [2.45, 2.75) is 119 Å². The van der Waals surface area contributed by atoms with Crippen LogP contribution < -0.4 is 9.64 Å². The van der Waals surface area contributed by atoms with Crippen molar-refractivity contribution >= 4 is 38.6 Å². The van der Waals surface area contributed by atoms with Gasteiger partial charge >= 0.3 is 18.3 Å². The predicted molar refractivity (Wildman–Crippen MR) is 163 cm³/mol. The van der Waals surface area contributed by atoms with Gasteiger partial charge in [0.05, 0.1) is 23.0 Å². The molecule has 0 radical (unpaired) electrons. The van der Waals surface area contributed by atoms with Gasteiger partial charge in [0.1, 0.15) is 22.9 Å². The Hall–Kier alpha value is -3.39. The zero-order valence-corrected chi connectivity index (χ0v) is 27.0. The number of hydrogen-bond donors (Lipinski definition) is 0. The summed E-state index contributed by atoms with van der Waals surface area (Å²) in [4.78, 5) is 32.9. The van der Waals surface area contributed by atoms with Crippen LogP contribution >= 0.6 is 11.3 Å². The molecule has 1 aromatic carbocycles. The third-order valence-electron chi connectivity index (χ3n) is 11.3. The molecule has 0 amide bonds. The van der Waals surface area contributed by atoms with Crippen molar-refractivity contribution in [3.8, 4) is 5.75 Å². The van der Waals surface area contributed by atoms with Crippen LogP contribution in [0.2, 0.25) is 0 Å². The highest BCUT2D eigenvalue weighted by molar-refractivity contribution is 7.22. The number of halogens is 3. The maximum atomic E-state index is 14.0. The van der Waals surface area contributed by atoms with Gasteiger partial charge in [-0.25, -0.2) is 14.6 Å². The van der Waals surface area contributed by atoms with Crippen LogP contribution in [0.1, 0.15) is 115 Å². The summed E-state index contributed by atoms with van der Waals surface area (Å²) in [5.74, 6) is -0.829. The van der Waals surface area contributed by atoms with Crippen LogP contribution in [0.25, 0.3) is 10.2 Å². The second kappa shape index (κ2) is 11.1. The van der Waals surface area contributed by atoms with Crippen LogP contribution in [0, 0.1) is 0 Å². The highest BCUT2D eigenvalue weighted by Crippen LogP contribution is 2.56. The van der Waals surface area contributed by atoms with E-state index in [1.807, 2.05) is 0 Å². The van der Waals surface area contributed by atoms with E-state index in [0.29, 0.717) is 34.0 Å². The molecule has 2 aliphatic heterocycles. The predicted octanol–water partition coefficient (Wildman–Crippen LogP) is 7.19. The Labute approximate surface area is 272 Å². The average molecular weight is 676 g/mol. The Kier molecular flexibility index (Phi) is 7.29. The first-order valence-corrected chi connectivity index (χ1v) is 17.2.